The number of rotatable bonds is 7. The van der Waals surface area contributed by atoms with Crippen LogP contribution in [-0.2, 0) is 16.6 Å². The van der Waals surface area contributed by atoms with Crippen LogP contribution in [0.1, 0.15) is 15.9 Å². The number of halogens is 4. The van der Waals surface area contributed by atoms with E-state index in [2.05, 4.69) is 28.7 Å². The molecule has 2 aromatic carbocycles. The van der Waals surface area contributed by atoms with E-state index >= 15 is 0 Å². The number of carbonyl (C=O) groups excluding carboxylic acids is 2. The number of amides is 2. The molecular weight excluding hydrogens is 608 g/mol. The number of nitrogen functional groups attached to an aromatic ring is 1. The first-order valence-electron chi connectivity index (χ1n) is 13.7. The van der Waals surface area contributed by atoms with Gasteiger partial charge in [0.2, 0.25) is 0 Å². The van der Waals surface area contributed by atoms with Gasteiger partial charge in [0, 0.05) is 24.5 Å². The van der Waals surface area contributed by atoms with Crippen molar-refractivity contribution in [3.8, 4) is 40.0 Å². The molecule has 0 bridgehead atoms. The van der Waals surface area contributed by atoms with Crippen LogP contribution in [0.4, 0.5) is 29.1 Å². The van der Waals surface area contributed by atoms with Crippen LogP contribution in [0.5, 0.6) is 5.75 Å². The standard InChI is InChI=1S/C32H28F4N6O4/c1-17(33)29(43)41-21-7-4-18(5-8-21)26-24(19-6-9-22(23(12-19)45-3)30(44)40-14-32(34,35)36)25-27(42(26)2)20(13-39-28(25)37)10-11-31(38)15-46-16-31/h4-9,12-13H,1,14-16,38H2,2-3H3,(H2,37,39)(H,40,44)(H,41,43). The van der Waals surface area contributed by atoms with Gasteiger partial charge >= 0.3 is 6.18 Å². The SMILES string of the molecule is C=C(F)C(=O)Nc1ccc(-c2c(-c3ccc(C(=O)NCC(F)(F)F)c(OC)c3)c3c(N)ncc(C#CC4(N)COC4)c3n2C)cc1. The van der Waals surface area contributed by atoms with E-state index < -0.39 is 35.9 Å². The van der Waals surface area contributed by atoms with Gasteiger partial charge in [-0.05, 0) is 35.4 Å². The van der Waals surface area contributed by atoms with Gasteiger partial charge in [-0.1, -0.05) is 36.6 Å². The average Bonchev–Trinajstić information content (AvgIpc) is 3.31. The van der Waals surface area contributed by atoms with Crippen molar-refractivity contribution in [1.82, 2.24) is 14.9 Å². The molecule has 14 heteroatoms. The summed E-state index contributed by atoms with van der Waals surface area (Å²) < 4.78 is 64.0. The van der Waals surface area contributed by atoms with E-state index in [-0.39, 0.29) is 30.3 Å². The molecular formula is C32H28F4N6O4. The number of nitrogens with one attached hydrogen (secondary N) is 2. The van der Waals surface area contributed by atoms with Gasteiger partial charge in [-0.25, -0.2) is 9.37 Å². The Labute approximate surface area is 260 Å². The molecule has 2 amide bonds. The molecule has 6 N–H and O–H groups in total. The van der Waals surface area contributed by atoms with E-state index in [0.29, 0.717) is 44.5 Å². The largest absolute Gasteiger partial charge is 0.496 e. The molecule has 1 fully saturated rings. The number of alkyl halides is 3. The van der Waals surface area contributed by atoms with E-state index in [1.165, 1.54) is 25.4 Å². The molecule has 0 saturated carbocycles. The number of carbonyl (C=O) groups is 2. The molecule has 0 aliphatic carbocycles. The lowest BCUT2D eigenvalue weighted by Gasteiger charge is -2.32. The molecule has 1 saturated heterocycles. The predicted molar refractivity (Wildman–Crippen MR) is 164 cm³/mol. The quantitative estimate of drug-likeness (QED) is 0.135. The van der Waals surface area contributed by atoms with Crippen LogP contribution in [0.2, 0.25) is 0 Å². The third kappa shape index (κ3) is 6.37. The summed E-state index contributed by atoms with van der Waals surface area (Å²) in [5, 5.41) is 4.76. The first-order valence-corrected chi connectivity index (χ1v) is 13.7. The van der Waals surface area contributed by atoms with Crippen molar-refractivity contribution in [2.45, 2.75) is 11.7 Å². The third-order valence-electron chi connectivity index (χ3n) is 7.25. The number of methoxy groups -OCH3 is 1. The summed E-state index contributed by atoms with van der Waals surface area (Å²) in [6.07, 6.45) is -3.07. The Bertz CT molecular complexity index is 1940. The van der Waals surface area contributed by atoms with Gasteiger partial charge in [-0.2, -0.15) is 13.2 Å². The first kappa shape index (κ1) is 32.0. The Morgan fingerprint density at radius 3 is 2.43 bits per heavy atom. The molecule has 238 valence electrons. The van der Waals surface area contributed by atoms with Crippen molar-refractivity contribution in [3.05, 3.63) is 72.2 Å². The van der Waals surface area contributed by atoms with Crippen LogP contribution in [0.15, 0.2) is 61.1 Å². The number of aromatic nitrogens is 2. The second-order valence-corrected chi connectivity index (χ2v) is 10.6. The van der Waals surface area contributed by atoms with E-state index in [0.717, 1.165) is 0 Å². The summed E-state index contributed by atoms with van der Waals surface area (Å²) >= 11 is 0. The summed E-state index contributed by atoms with van der Waals surface area (Å²) in [6.45, 7) is 2.03. The fourth-order valence-electron chi connectivity index (χ4n) is 5.03. The van der Waals surface area contributed by atoms with Crippen LogP contribution >= 0.6 is 0 Å². The van der Waals surface area contributed by atoms with E-state index in [4.69, 9.17) is 20.9 Å². The maximum atomic E-state index is 13.3. The summed E-state index contributed by atoms with van der Waals surface area (Å²) in [6, 6.07) is 11.0. The van der Waals surface area contributed by atoms with Gasteiger partial charge in [-0.15, -0.1) is 0 Å². The van der Waals surface area contributed by atoms with Gasteiger partial charge in [-0.3, -0.25) is 9.59 Å². The summed E-state index contributed by atoms with van der Waals surface area (Å²) in [5.74, 6) is 3.21. The Hall–Kier alpha value is -5.39. The zero-order valence-electron chi connectivity index (χ0n) is 24.6. The fourth-order valence-corrected chi connectivity index (χ4v) is 5.03. The Morgan fingerprint density at radius 2 is 1.85 bits per heavy atom. The van der Waals surface area contributed by atoms with Crippen molar-refractivity contribution in [3.63, 3.8) is 0 Å². The van der Waals surface area contributed by atoms with Gasteiger partial charge in [0.25, 0.3) is 11.8 Å². The van der Waals surface area contributed by atoms with Gasteiger partial charge < -0.3 is 36.1 Å². The highest BCUT2D eigenvalue weighted by atomic mass is 19.4. The molecule has 1 aliphatic rings. The predicted octanol–water partition coefficient (Wildman–Crippen LogP) is 4.29. The smallest absolute Gasteiger partial charge is 0.405 e. The highest BCUT2D eigenvalue weighted by Crippen LogP contribution is 2.44. The van der Waals surface area contributed by atoms with E-state index in [1.807, 2.05) is 9.88 Å². The lowest BCUT2D eigenvalue weighted by atomic mass is 9.96. The lowest BCUT2D eigenvalue weighted by molar-refractivity contribution is -0.123. The molecule has 1 aliphatic heterocycles. The molecule has 46 heavy (non-hydrogen) atoms. The third-order valence-corrected chi connectivity index (χ3v) is 7.25. The topological polar surface area (TPSA) is 147 Å². The number of nitrogens with two attached hydrogens (primary N) is 2. The van der Waals surface area contributed by atoms with E-state index in [9.17, 15) is 27.2 Å². The van der Waals surface area contributed by atoms with Gasteiger partial charge in [0.05, 0.1) is 48.0 Å². The number of nitrogens with zero attached hydrogens (tertiary/aromatic N) is 2. The molecule has 5 rings (SSSR count). The second-order valence-electron chi connectivity index (χ2n) is 10.6. The van der Waals surface area contributed by atoms with Gasteiger partial charge in [0.15, 0.2) is 5.83 Å². The van der Waals surface area contributed by atoms with Crippen LogP contribution in [0.3, 0.4) is 0 Å². The zero-order chi connectivity index (χ0) is 33.4. The monoisotopic (exact) mass is 636 g/mol. The number of hydrogen-bond acceptors (Lipinski definition) is 7. The highest BCUT2D eigenvalue weighted by molar-refractivity contribution is 6.11. The molecule has 10 nitrogen and oxygen atoms in total. The second kappa shape index (κ2) is 12.2. The summed E-state index contributed by atoms with van der Waals surface area (Å²) in [4.78, 5) is 28.8. The van der Waals surface area contributed by atoms with Crippen molar-refractivity contribution in [1.29, 1.82) is 0 Å². The Morgan fingerprint density at radius 1 is 1.17 bits per heavy atom. The molecule has 0 radical (unpaired) electrons. The molecule has 0 atom stereocenters. The number of anilines is 2. The number of benzene rings is 2. The average molecular weight is 637 g/mol. The number of fused-ring (bicyclic) bond motifs is 1. The minimum atomic E-state index is -4.60. The molecule has 0 unspecified atom stereocenters. The van der Waals surface area contributed by atoms with Crippen molar-refractivity contribution in [2.75, 3.05) is 37.9 Å². The van der Waals surface area contributed by atoms with Crippen LogP contribution < -0.4 is 26.8 Å². The van der Waals surface area contributed by atoms with Crippen LogP contribution in [-0.4, -0.2) is 59.9 Å². The summed E-state index contributed by atoms with van der Waals surface area (Å²) in [7, 11) is 3.08. The maximum absolute atomic E-state index is 13.3. The fraction of sp³-hybridized carbons (Fsp3) is 0.219. The Balaban J connectivity index is 1.71. The lowest BCUT2D eigenvalue weighted by Crippen LogP contribution is -2.56. The minimum absolute atomic E-state index is 0.0159. The minimum Gasteiger partial charge on any atom is -0.496 e. The number of aryl methyl sites for hydroxylation is 1. The maximum Gasteiger partial charge on any atom is 0.405 e. The van der Waals surface area contributed by atoms with Crippen LogP contribution in [0, 0.1) is 11.8 Å². The zero-order valence-corrected chi connectivity index (χ0v) is 24.6. The molecule has 3 heterocycles. The molecule has 0 spiro atoms. The number of hydrogen-bond donors (Lipinski definition) is 4. The van der Waals surface area contributed by atoms with Gasteiger partial charge in [0.1, 0.15) is 23.7 Å². The summed E-state index contributed by atoms with van der Waals surface area (Å²) in [5.41, 5.74) is 15.5. The molecule has 4 aromatic rings. The van der Waals surface area contributed by atoms with Crippen molar-refractivity contribution in [2.24, 2.45) is 12.8 Å². The normalized spacial score (nSPS) is 13.7. The first-order chi connectivity index (χ1) is 21.7. The van der Waals surface area contributed by atoms with Crippen molar-refractivity contribution < 1.29 is 36.6 Å². The highest BCUT2D eigenvalue weighted by Gasteiger charge is 2.32. The molecule has 2 aromatic heterocycles. The Kier molecular flexibility index (Phi) is 8.48. The van der Waals surface area contributed by atoms with Crippen molar-refractivity contribution >= 4 is 34.2 Å². The number of ether oxygens (including phenoxy) is 2. The number of pyridine rings is 1. The van der Waals surface area contributed by atoms with Crippen LogP contribution in [0.25, 0.3) is 33.3 Å². The van der Waals surface area contributed by atoms with E-state index in [1.54, 1.807) is 37.4 Å².